The molecule has 1 atom stereocenters. The van der Waals surface area contributed by atoms with Crippen LogP contribution in [0.3, 0.4) is 0 Å². The first-order chi connectivity index (χ1) is 14.9. The van der Waals surface area contributed by atoms with Crippen molar-refractivity contribution in [3.63, 3.8) is 0 Å². The Hall–Kier alpha value is -2.91. The van der Waals surface area contributed by atoms with Crippen LogP contribution in [0.25, 0.3) is 0 Å². The van der Waals surface area contributed by atoms with Gasteiger partial charge in [0.05, 0.1) is 4.92 Å². The van der Waals surface area contributed by atoms with Gasteiger partial charge in [0, 0.05) is 62.4 Å². The van der Waals surface area contributed by atoms with Crippen LogP contribution in [0.5, 0.6) is 0 Å². The summed E-state index contributed by atoms with van der Waals surface area (Å²) in [6.07, 6.45) is 0. The Morgan fingerprint density at radius 3 is 2.45 bits per heavy atom. The van der Waals surface area contributed by atoms with E-state index < -0.39 is 11.0 Å². The number of rotatable bonds is 8. The van der Waals surface area contributed by atoms with Crippen molar-refractivity contribution in [2.75, 3.05) is 31.9 Å². The van der Waals surface area contributed by atoms with Crippen molar-refractivity contribution >= 4 is 29.3 Å². The Morgan fingerprint density at radius 2 is 1.81 bits per heavy atom. The van der Waals surface area contributed by atoms with Gasteiger partial charge in [0.15, 0.2) is 0 Å². The zero-order chi connectivity index (χ0) is 22.2. The maximum atomic E-state index is 13.1. The highest BCUT2D eigenvalue weighted by Gasteiger charge is 2.28. The molecule has 2 aromatic carbocycles. The molecule has 1 unspecified atom stereocenters. The molecule has 9 heteroatoms. The SMILES string of the molecule is CC(=O)NC(CSc1cccc([N+](=O)[O-])c1)C(=O)N1CCN(Cc2ccccc2)CC1. The average Bonchev–Trinajstić information content (AvgIpc) is 2.77. The number of carbonyl (C=O) groups is 2. The van der Waals surface area contributed by atoms with Crippen LogP contribution in [-0.2, 0) is 16.1 Å². The molecule has 0 aromatic heterocycles. The monoisotopic (exact) mass is 442 g/mol. The van der Waals surface area contributed by atoms with Gasteiger partial charge in [0.25, 0.3) is 5.69 Å². The van der Waals surface area contributed by atoms with E-state index >= 15 is 0 Å². The molecule has 0 bridgehead atoms. The number of benzene rings is 2. The third kappa shape index (κ3) is 6.80. The second-order valence-corrected chi connectivity index (χ2v) is 8.50. The van der Waals surface area contributed by atoms with Gasteiger partial charge < -0.3 is 10.2 Å². The van der Waals surface area contributed by atoms with Crippen LogP contribution in [0, 0.1) is 10.1 Å². The summed E-state index contributed by atoms with van der Waals surface area (Å²) < 4.78 is 0. The highest BCUT2D eigenvalue weighted by Crippen LogP contribution is 2.24. The number of nitro benzene ring substituents is 1. The van der Waals surface area contributed by atoms with Gasteiger partial charge in [-0.1, -0.05) is 36.4 Å². The topological polar surface area (TPSA) is 95.8 Å². The third-order valence-corrected chi connectivity index (χ3v) is 6.14. The number of hydrogen-bond donors (Lipinski definition) is 1. The second-order valence-electron chi connectivity index (χ2n) is 7.41. The van der Waals surface area contributed by atoms with E-state index in [1.54, 1.807) is 17.0 Å². The normalized spacial score (nSPS) is 15.3. The van der Waals surface area contributed by atoms with Crippen molar-refractivity contribution in [3.05, 3.63) is 70.3 Å². The lowest BCUT2D eigenvalue weighted by molar-refractivity contribution is -0.385. The van der Waals surface area contributed by atoms with E-state index in [4.69, 9.17) is 0 Å². The number of piperazine rings is 1. The number of nitrogens with one attached hydrogen (secondary N) is 1. The van der Waals surface area contributed by atoms with E-state index in [2.05, 4.69) is 22.3 Å². The molecule has 31 heavy (non-hydrogen) atoms. The fraction of sp³-hybridized carbons (Fsp3) is 0.364. The number of carbonyl (C=O) groups excluding carboxylic acids is 2. The van der Waals surface area contributed by atoms with Crippen LogP contribution in [0.4, 0.5) is 5.69 Å². The molecule has 0 saturated carbocycles. The van der Waals surface area contributed by atoms with Gasteiger partial charge in [0.1, 0.15) is 6.04 Å². The van der Waals surface area contributed by atoms with Crippen molar-refractivity contribution < 1.29 is 14.5 Å². The summed E-state index contributed by atoms with van der Waals surface area (Å²) in [5.41, 5.74) is 1.24. The highest BCUT2D eigenvalue weighted by atomic mass is 32.2. The largest absolute Gasteiger partial charge is 0.344 e. The smallest absolute Gasteiger partial charge is 0.270 e. The number of amides is 2. The van der Waals surface area contributed by atoms with E-state index in [1.165, 1.54) is 36.4 Å². The van der Waals surface area contributed by atoms with Gasteiger partial charge in [-0.05, 0) is 11.6 Å². The zero-order valence-electron chi connectivity index (χ0n) is 17.4. The summed E-state index contributed by atoms with van der Waals surface area (Å²) in [5.74, 6) is -0.0859. The third-order valence-electron chi connectivity index (χ3n) is 5.05. The summed E-state index contributed by atoms with van der Waals surface area (Å²) >= 11 is 1.32. The molecule has 1 N–H and O–H groups in total. The van der Waals surface area contributed by atoms with Crippen molar-refractivity contribution in [3.8, 4) is 0 Å². The fourth-order valence-electron chi connectivity index (χ4n) is 3.47. The Labute approximate surface area is 185 Å². The Kier molecular flexibility index (Phi) is 8.02. The Bertz CT molecular complexity index is 917. The first-order valence-corrected chi connectivity index (χ1v) is 11.1. The van der Waals surface area contributed by atoms with E-state index in [1.807, 2.05) is 18.2 Å². The fourth-order valence-corrected chi connectivity index (χ4v) is 4.44. The van der Waals surface area contributed by atoms with E-state index in [-0.39, 0.29) is 17.5 Å². The molecular formula is C22H26N4O4S. The Balaban J connectivity index is 1.56. The van der Waals surface area contributed by atoms with Crippen LogP contribution in [0.2, 0.25) is 0 Å². The number of nitrogens with zero attached hydrogens (tertiary/aromatic N) is 3. The van der Waals surface area contributed by atoms with Crippen molar-refractivity contribution in [2.45, 2.75) is 24.4 Å². The number of thioether (sulfide) groups is 1. The van der Waals surface area contributed by atoms with Crippen LogP contribution >= 0.6 is 11.8 Å². The molecule has 2 aromatic rings. The highest BCUT2D eigenvalue weighted by molar-refractivity contribution is 7.99. The molecule has 1 aliphatic rings. The van der Waals surface area contributed by atoms with Crippen molar-refractivity contribution in [1.82, 2.24) is 15.1 Å². The summed E-state index contributed by atoms with van der Waals surface area (Å²) in [4.78, 5) is 40.0. The molecule has 0 radical (unpaired) electrons. The van der Waals surface area contributed by atoms with Crippen LogP contribution in [0.1, 0.15) is 12.5 Å². The van der Waals surface area contributed by atoms with Gasteiger partial charge in [-0.15, -0.1) is 11.8 Å². The summed E-state index contributed by atoms with van der Waals surface area (Å²) in [6.45, 7) is 4.97. The summed E-state index contributed by atoms with van der Waals surface area (Å²) in [7, 11) is 0. The molecule has 0 spiro atoms. The molecule has 0 aliphatic carbocycles. The number of hydrogen-bond acceptors (Lipinski definition) is 6. The van der Waals surface area contributed by atoms with Crippen LogP contribution in [-0.4, -0.2) is 64.5 Å². The predicted octanol–water partition coefficient (Wildman–Crippen LogP) is 2.54. The molecule has 1 saturated heterocycles. The van der Waals surface area contributed by atoms with Gasteiger partial charge in [-0.2, -0.15) is 0 Å². The molecule has 164 valence electrons. The minimum absolute atomic E-state index is 0.00180. The first kappa shape index (κ1) is 22.8. The van der Waals surface area contributed by atoms with Gasteiger partial charge in [0.2, 0.25) is 11.8 Å². The second kappa shape index (κ2) is 10.9. The predicted molar refractivity (Wildman–Crippen MR) is 120 cm³/mol. The zero-order valence-corrected chi connectivity index (χ0v) is 18.2. The quantitative estimate of drug-likeness (QED) is 0.383. The summed E-state index contributed by atoms with van der Waals surface area (Å²) in [5, 5.41) is 13.7. The van der Waals surface area contributed by atoms with Crippen LogP contribution < -0.4 is 5.32 Å². The molecule has 8 nitrogen and oxygen atoms in total. The van der Waals surface area contributed by atoms with Crippen molar-refractivity contribution in [2.24, 2.45) is 0 Å². The number of nitro groups is 1. The molecule has 3 rings (SSSR count). The van der Waals surface area contributed by atoms with Gasteiger partial charge in [-0.3, -0.25) is 24.6 Å². The minimum atomic E-state index is -0.678. The minimum Gasteiger partial charge on any atom is -0.344 e. The number of non-ortho nitro benzene ring substituents is 1. The lowest BCUT2D eigenvalue weighted by Crippen LogP contribution is -2.55. The standard InChI is InChI=1S/C22H26N4O4S/c1-17(27)23-21(16-31-20-9-5-8-19(14-20)26(29)30)22(28)25-12-10-24(11-13-25)15-18-6-3-2-4-7-18/h2-9,14,21H,10-13,15-16H2,1H3,(H,23,27). The molecular weight excluding hydrogens is 416 g/mol. The lowest BCUT2D eigenvalue weighted by atomic mass is 10.2. The van der Waals surface area contributed by atoms with E-state index in [0.29, 0.717) is 23.7 Å². The Morgan fingerprint density at radius 1 is 1.10 bits per heavy atom. The average molecular weight is 443 g/mol. The lowest BCUT2D eigenvalue weighted by Gasteiger charge is -2.36. The van der Waals surface area contributed by atoms with Crippen LogP contribution in [0.15, 0.2) is 59.5 Å². The first-order valence-electron chi connectivity index (χ1n) is 10.1. The van der Waals surface area contributed by atoms with Gasteiger partial charge in [-0.25, -0.2) is 0 Å². The van der Waals surface area contributed by atoms with Gasteiger partial charge >= 0.3 is 0 Å². The molecule has 1 aliphatic heterocycles. The molecule has 2 amide bonds. The molecule has 1 heterocycles. The maximum Gasteiger partial charge on any atom is 0.270 e. The summed E-state index contributed by atoms with van der Waals surface area (Å²) in [6, 6.07) is 15.8. The maximum absolute atomic E-state index is 13.1. The van der Waals surface area contributed by atoms with Crippen molar-refractivity contribution in [1.29, 1.82) is 0 Å². The molecule has 1 fully saturated rings. The van der Waals surface area contributed by atoms with E-state index in [0.717, 1.165) is 19.6 Å². The van der Waals surface area contributed by atoms with E-state index in [9.17, 15) is 19.7 Å².